The molecule has 0 aliphatic rings. The van der Waals surface area contributed by atoms with E-state index in [-0.39, 0.29) is 0 Å². The zero-order chi connectivity index (χ0) is 14.5. The van der Waals surface area contributed by atoms with Gasteiger partial charge in [0.2, 0.25) is 0 Å². The van der Waals surface area contributed by atoms with Gasteiger partial charge in [-0.25, -0.2) is 0 Å². The van der Waals surface area contributed by atoms with Gasteiger partial charge in [-0.05, 0) is 24.6 Å². The van der Waals surface area contributed by atoms with Crippen LogP contribution in [0.4, 0.5) is 0 Å². The largest absolute Gasteiger partial charge is 0.366 e. The lowest BCUT2D eigenvalue weighted by Crippen LogP contribution is -2.27. The number of fused-ring (bicyclic) bond motifs is 1. The first-order valence-electron chi connectivity index (χ1n) is 5.48. The number of nitrogens with one attached hydrogen (secondary N) is 1. The first-order chi connectivity index (χ1) is 8.86. The van der Waals surface area contributed by atoms with Crippen molar-refractivity contribution in [1.82, 2.24) is 4.98 Å². The van der Waals surface area contributed by atoms with E-state index in [1.54, 1.807) is 0 Å². The van der Waals surface area contributed by atoms with Crippen molar-refractivity contribution in [2.45, 2.75) is 10.2 Å². The number of halogens is 3. The molecule has 104 valence electrons. The molecular formula is C12H14Cl3N3O. The monoisotopic (exact) mass is 321 g/mol. The number of para-hydroxylation sites is 1. The Hall–Kier alpha value is -0.940. The van der Waals surface area contributed by atoms with Crippen LogP contribution in [-0.4, -0.2) is 21.2 Å². The lowest BCUT2D eigenvalue weighted by Gasteiger charge is -2.01. The van der Waals surface area contributed by atoms with Crippen LogP contribution in [0.3, 0.4) is 0 Å². The second-order valence-corrected chi connectivity index (χ2v) is 6.04. The minimum Gasteiger partial charge on any atom is -0.366 e. The average molecular weight is 323 g/mol. The number of aromatic nitrogens is 1. The number of alkyl halides is 3. The Morgan fingerprint density at radius 3 is 2.37 bits per heavy atom. The molecule has 0 atom stereocenters. The van der Waals surface area contributed by atoms with Gasteiger partial charge in [0.25, 0.3) is 9.70 Å². The topological polar surface area (TPSA) is 84.9 Å². The van der Waals surface area contributed by atoms with Crippen molar-refractivity contribution in [3.8, 4) is 0 Å². The number of rotatable bonds is 2. The highest BCUT2D eigenvalue weighted by Crippen LogP contribution is 2.24. The van der Waals surface area contributed by atoms with Crippen molar-refractivity contribution in [2.24, 2.45) is 11.5 Å². The first kappa shape index (κ1) is 16.1. The normalized spacial score (nSPS) is 10.9. The van der Waals surface area contributed by atoms with E-state index in [0.717, 1.165) is 6.42 Å². The Morgan fingerprint density at radius 2 is 1.84 bits per heavy atom. The number of aromatic amines is 1. The molecule has 1 amide bonds. The van der Waals surface area contributed by atoms with Gasteiger partial charge in [0.15, 0.2) is 0 Å². The summed E-state index contributed by atoms with van der Waals surface area (Å²) in [5, 5.41) is 1.29. The zero-order valence-electron chi connectivity index (χ0n) is 10.00. The molecule has 0 aliphatic carbocycles. The van der Waals surface area contributed by atoms with Crippen molar-refractivity contribution in [3.05, 3.63) is 36.0 Å². The van der Waals surface area contributed by atoms with Gasteiger partial charge >= 0.3 is 0 Å². The van der Waals surface area contributed by atoms with Crippen LogP contribution >= 0.6 is 34.8 Å². The fourth-order valence-electron chi connectivity index (χ4n) is 1.49. The molecule has 5 N–H and O–H groups in total. The molecule has 0 saturated heterocycles. The van der Waals surface area contributed by atoms with Crippen LogP contribution < -0.4 is 11.5 Å². The molecule has 0 radical (unpaired) electrons. The van der Waals surface area contributed by atoms with E-state index in [2.05, 4.69) is 28.9 Å². The lowest BCUT2D eigenvalue weighted by atomic mass is 10.1. The summed E-state index contributed by atoms with van der Waals surface area (Å²) in [6.45, 7) is 0.710. The molecule has 1 heterocycles. The lowest BCUT2D eigenvalue weighted by molar-refractivity contribution is -0.117. The minimum atomic E-state index is -1.94. The summed E-state index contributed by atoms with van der Waals surface area (Å²) in [5.41, 5.74) is 12.5. The summed E-state index contributed by atoms with van der Waals surface area (Å²) in [6, 6.07) is 8.29. The van der Waals surface area contributed by atoms with Gasteiger partial charge in [-0.15, -0.1) is 0 Å². The van der Waals surface area contributed by atoms with Crippen LogP contribution in [0, 0.1) is 0 Å². The molecule has 0 bridgehead atoms. The third kappa shape index (κ3) is 4.91. The summed E-state index contributed by atoms with van der Waals surface area (Å²) in [5.74, 6) is -0.961. The average Bonchev–Trinajstić information content (AvgIpc) is 2.73. The Labute approximate surface area is 126 Å². The van der Waals surface area contributed by atoms with E-state index in [4.69, 9.17) is 40.5 Å². The predicted molar refractivity (Wildman–Crippen MR) is 80.5 cm³/mol. The summed E-state index contributed by atoms with van der Waals surface area (Å²) in [4.78, 5) is 13.1. The fourth-order valence-corrected chi connectivity index (χ4v) is 1.49. The molecule has 0 aliphatic heterocycles. The Morgan fingerprint density at radius 1 is 1.26 bits per heavy atom. The van der Waals surface area contributed by atoms with E-state index in [0.29, 0.717) is 6.54 Å². The van der Waals surface area contributed by atoms with Gasteiger partial charge in [0.05, 0.1) is 0 Å². The summed E-state index contributed by atoms with van der Waals surface area (Å²) >= 11 is 14.8. The van der Waals surface area contributed by atoms with Gasteiger partial charge in [-0.3, -0.25) is 4.79 Å². The van der Waals surface area contributed by atoms with E-state index in [1.807, 2.05) is 12.3 Å². The van der Waals surface area contributed by atoms with Crippen molar-refractivity contribution in [3.63, 3.8) is 0 Å². The molecule has 0 fully saturated rings. The van der Waals surface area contributed by atoms with Crippen LogP contribution in [0.15, 0.2) is 30.5 Å². The number of hydrogen-bond donors (Lipinski definition) is 3. The number of hydrogen-bond acceptors (Lipinski definition) is 2. The molecule has 0 unspecified atom stereocenters. The van der Waals surface area contributed by atoms with Gasteiger partial charge in [0.1, 0.15) is 0 Å². The summed E-state index contributed by atoms with van der Waals surface area (Å²) in [6.07, 6.45) is 2.99. The maximum atomic E-state index is 9.85. The Bertz CT molecular complexity index is 548. The highest BCUT2D eigenvalue weighted by Gasteiger charge is 2.26. The first-order valence-corrected chi connectivity index (χ1v) is 6.61. The number of amides is 1. The molecule has 2 aromatic rings. The highest BCUT2D eigenvalue weighted by molar-refractivity contribution is 6.76. The second kappa shape index (κ2) is 7.01. The molecule has 0 spiro atoms. The standard InChI is InChI=1S/C10H12N2.C2H2Cl3NO/c11-6-5-8-7-12-10-4-2-1-3-9(8)10;3-2(4,5)1(6)7/h1-4,7,12H,5-6,11H2;(H2,6,7). The van der Waals surface area contributed by atoms with Crippen LogP contribution in [0.25, 0.3) is 10.9 Å². The third-order valence-corrected chi connectivity index (χ3v) is 2.93. The molecule has 1 aromatic carbocycles. The summed E-state index contributed by atoms with van der Waals surface area (Å²) < 4.78 is -1.94. The number of carbonyl (C=O) groups excluding carboxylic acids is 1. The molecule has 1 aromatic heterocycles. The number of H-pyrrole nitrogens is 1. The van der Waals surface area contributed by atoms with Gasteiger partial charge in [-0.1, -0.05) is 53.0 Å². The second-order valence-electron chi connectivity index (χ2n) is 3.76. The van der Waals surface area contributed by atoms with Crippen LogP contribution in [-0.2, 0) is 11.2 Å². The van der Waals surface area contributed by atoms with Gasteiger partial charge in [0, 0.05) is 17.1 Å². The number of carbonyl (C=O) groups is 1. The van der Waals surface area contributed by atoms with Crippen LogP contribution in [0.1, 0.15) is 5.56 Å². The minimum absolute atomic E-state index is 0.710. The van der Waals surface area contributed by atoms with Crippen LogP contribution in [0.5, 0.6) is 0 Å². The van der Waals surface area contributed by atoms with E-state index < -0.39 is 9.70 Å². The number of benzene rings is 1. The van der Waals surface area contributed by atoms with Gasteiger partial charge in [-0.2, -0.15) is 0 Å². The maximum absolute atomic E-state index is 9.85. The molecule has 7 heteroatoms. The fraction of sp³-hybridized carbons (Fsp3) is 0.250. The van der Waals surface area contributed by atoms with Crippen molar-refractivity contribution < 1.29 is 4.79 Å². The van der Waals surface area contributed by atoms with E-state index in [9.17, 15) is 4.79 Å². The summed E-state index contributed by atoms with van der Waals surface area (Å²) in [7, 11) is 0. The molecule has 19 heavy (non-hydrogen) atoms. The van der Waals surface area contributed by atoms with Crippen molar-refractivity contribution in [1.29, 1.82) is 0 Å². The third-order valence-electron chi connectivity index (χ3n) is 2.37. The van der Waals surface area contributed by atoms with E-state index in [1.165, 1.54) is 16.5 Å². The molecular weight excluding hydrogens is 309 g/mol. The Balaban J connectivity index is 0.000000224. The maximum Gasteiger partial charge on any atom is 0.269 e. The zero-order valence-corrected chi connectivity index (χ0v) is 12.3. The van der Waals surface area contributed by atoms with Crippen LogP contribution in [0.2, 0.25) is 0 Å². The highest BCUT2D eigenvalue weighted by atomic mass is 35.6. The van der Waals surface area contributed by atoms with E-state index >= 15 is 0 Å². The Kier molecular flexibility index (Phi) is 5.94. The quantitative estimate of drug-likeness (QED) is 0.742. The molecule has 2 rings (SSSR count). The molecule has 0 saturated carbocycles. The predicted octanol–water partition coefficient (Wildman–Crippen LogP) is 2.51. The molecule has 4 nitrogen and oxygen atoms in total. The van der Waals surface area contributed by atoms with Crippen molar-refractivity contribution >= 4 is 51.6 Å². The number of nitrogens with two attached hydrogens (primary N) is 2. The van der Waals surface area contributed by atoms with Crippen molar-refractivity contribution in [2.75, 3.05) is 6.54 Å². The van der Waals surface area contributed by atoms with Gasteiger partial charge < -0.3 is 16.5 Å². The SMILES string of the molecule is NC(=O)C(Cl)(Cl)Cl.NCCc1c[nH]c2ccccc12. The number of primary amides is 1. The smallest absolute Gasteiger partial charge is 0.269 e.